The van der Waals surface area contributed by atoms with Gasteiger partial charge < -0.3 is 15.3 Å². The van der Waals surface area contributed by atoms with E-state index in [4.69, 9.17) is 5.11 Å². The molecule has 0 amide bonds. The summed E-state index contributed by atoms with van der Waals surface area (Å²) in [4.78, 5) is 6.35. The summed E-state index contributed by atoms with van der Waals surface area (Å²) in [6, 6.07) is 10.1. The van der Waals surface area contributed by atoms with E-state index in [1.165, 1.54) is 5.56 Å². The molecule has 0 bridgehead atoms. The van der Waals surface area contributed by atoms with E-state index in [1.807, 2.05) is 49.3 Å². The third-order valence-corrected chi connectivity index (χ3v) is 2.07. The van der Waals surface area contributed by atoms with Crippen LogP contribution in [0, 0.1) is 0 Å². The number of hydrogen-bond donors (Lipinski definition) is 2. The number of nitrogens with one attached hydrogen (secondary N) is 1. The summed E-state index contributed by atoms with van der Waals surface area (Å²) < 4.78 is 0. The van der Waals surface area contributed by atoms with E-state index in [9.17, 15) is 0 Å². The lowest BCUT2D eigenvalue weighted by molar-refractivity contribution is 0.298. The van der Waals surface area contributed by atoms with E-state index in [-0.39, 0.29) is 6.61 Å². The number of guanidine groups is 1. The molecule has 0 atom stereocenters. The molecule has 0 saturated carbocycles. The van der Waals surface area contributed by atoms with Crippen LogP contribution < -0.4 is 5.32 Å². The van der Waals surface area contributed by atoms with Crippen molar-refractivity contribution in [1.82, 2.24) is 10.2 Å². The van der Waals surface area contributed by atoms with Gasteiger partial charge in [0.1, 0.15) is 0 Å². The molecule has 1 rings (SSSR count). The Morgan fingerprint density at radius 3 is 2.56 bits per heavy atom. The van der Waals surface area contributed by atoms with E-state index in [0.29, 0.717) is 13.1 Å². The molecule has 1 aromatic rings. The van der Waals surface area contributed by atoms with Gasteiger partial charge in [-0.05, 0) is 5.56 Å². The first-order valence-electron chi connectivity index (χ1n) is 5.34. The van der Waals surface area contributed by atoms with Crippen LogP contribution in [0.4, 0.5) is 0 Å². The summed E-state index contributed by atoms with van der Waals surface area (Å²) in [5, 5.41) is 11.8. The van der Waals surface area contributed by atoms with Crippen molar-refractivity contribution < 1.29 is 5.11 Å². The maximum absolute atomic E-state index is 8.75. The zero-order valence-electron chi connectivity index (χ0n) is 9.85. The fraction of sp³-hybridized carbons (Fsp3) is 0.417. The van der Waals surface area contributed by atoms with Gasteiger partial charge in [0.25, 0.3) is 0 Å². The molecule has 16 heavy (non-hydrogen) atoms. The normalized spacial score (nSPS) is 11.3. The molecule has 0 radical (unpaired) electrons. The van der Waals surface area contributed by atoms with E-state index >= 15 is 0 Å². The SMILES string of the molecule is CN(C)C(=NCc1ccccc1)NCCO. The molecule has 0 saturated heterocycles. The van der Waals surface area contributed by atoms with Gasteiger partial charge in [-0.25, -0.2) is 4.99 Å². The van der Waals surface area contributed by atoms with Crippen LogP contribution >= 0.6 is 0 Å². The quantitative estimate of drug-likeness (QED) is 0.581. The second-order valence-electron chi connectivity index (χ2n) is 3.67. The molecular weight excluding hydrogens is 202 g/mol. The van der Waals surface area contributed by atoms with Gasteiger partial charge in [0.15, 0.2) is 5.96 Å². The van der Waals surface area contributed by atoms with Crippen molar-refractivity contribution in [3.05, 3.63) is 35.9 Å². The second-order valence-corrected chi connectivity index (χ2v) is 3.67. The summed E-state index contributed by atoms with van der Waals surface area (Å²) in [7, 11) is 3.85. The van der Waals surface area contributed by atoms with Gasteiger partial charge in [-0.15, -0.1) is 0 Å². The summed E-state index contributed by atoms with van der Waals surface area (Å²) in [5.41, 5.74) is 1.17. The molecule has 0 aromatic heterocycles. The van der Waals surface area contributed by atoms with Gasteiger partial charge in [-0.1, -0.05) is 30.3 Å². The molecule has 0 aliphatic carbocycles. The zero-order valence-corrected chi connectivity index (χ0v) is 9.85. The maximum atomic E-state index is 8.75. The maximum Gasteiger partial charge on any atom is 0.193 e. The van der Waals surface area contributed by atoms with Crippen LogP contribution in [0.1, 0.15) is 5.56 Å². The number of aliphatic imine (C=N–C) groups is 1. The summed E-state index contributed by atoms with van der Waals surface area (Å²) in [6.07, 6.45) is 0. The average Bonchev–Trinajstić information content (AvgIpc) is 2.30. The first kappa shape index (κ1) is 12.5. The summed E-state index contributed by atoms with van der Waals surface area (Å²) in [6.45, 7) is 1.27. The highest BCUT2D eigenvalue weighted by Gasteiger charge is 1.99. The van der Waals surface area contributed by atoms with Gasteiger partial charge >= 0.3 is 0 Å². The van der Waals surface area contributed by atoms with Gasteiger partial charge in [0.2, 0.25) is 0 Å². The largest absolute Gasteiger partial charge is 0.395 e. The van der Waals surface area contributed by atoms with Crippen molar-refractivity contribution in [1.29, 1.82) is 0 Å². The van der Waals surface area contributed by atoms with Gasteiger partial charge in [-0.3, -0.25) is 0 Å². The number of hydrogen-bond acceptors (Lipinski definition) is 2. The Balaban J connectivity index is 2.57. The lowest BCUT2D eigenvalue weighted by atomic mass is 10.2. The predicted octanol–water partition coefficient (Wildman–Crippen LogP) is 0.686. The van der Waals surface area contributed by atoms with Crippen LogP contribution in [-0.4, -0.2) is 43.2 Å². The minimum atomic E-state index is 0.109. The molecule has 0 unspecified atom stereocenters. The zero-order chi connectivity index (χ0) is 11.8. The molecule has 1 aromatic carbocycles. The first-order valence-corrected chi connectivity index (χ1v) is 5.34. The number of rotatable bonds is 4. The highest BCUT2D eigenvalue weighted by Crippen LogP contribution is 2.00. The topological polar surface area (TPSA) is 47.9 Å². The lowest BCUT2D eigenvalue weighted by Gasteiger charge is -2.16. The lowest BCUT2D eigenvalue weighted by Crippen LogP contribution is -2.37. The molecular formula is C12H19N3O. The van der Waals surface area contributed by atoms with Crippen LogP contribution in [0.5, 0.6) is 0 Å². The smallest absolute Gasteiger partial charge is 0.193 e. The molecule has 0 heterocycles. The van der Waals surface area contributed by atoms with Crippen LogP contribution in [-0.2, 0) is 6.54 Å². The Bertz CT molecular complexity index is 322. The number of nitrogens with zero attached hydrogens (tertiary/aromatic N) is 2. The van der Waals surface area contributed by atoms with Crippen molar-refractivity contribution in [2.24, 2.45) is 4.99 Å². The molecule has 0 aliphatic rings. The van der Waals surface area contributed by atoms with Crippen molar-refractivity contribution in [2.45, 2.75) is 6.54 Å². The van der Waals surface area contributed by atoms with Crippen molar-refractivity contribution in [2.75, 3.05) is 27.2 Å². The van der Waals surface area contributed by atoms with Crippen LogP contribution in [0.25, 0.3) is 0 Å². The first-order chi connectivity index (χ1) is 7.74. The van der Waals surface area contributed by atoms with Crippen LogP contribution in [0.3, 0.4) is 0 Å². The Labute approximate surface area is 96.6 Å². The van der Waals surface area contributed by atoms with Crippen LogP contribution in [0.2, 0.25) is 0 Å². The third-order valence-electron chi connectivity index (χ3n) is 2.07. The Hall–Kier alpha value is -1.55. The Kier molecular flexibility index (Phi) is 5.36. The molecule has 88 valence electrons. The van der Waals surface area contributed by atoms with Gasteiger partial charge in [0, 0.05) is 20.6 Å². The minimum Gasteiger partial charge on any atom is -0.395 e. The number of aliphatic hydroxyl groups is 1. The fourth-order valence-electron chi connectivity index (χ4n) is 1.27. The third kappa shape index (κ3) is 4.31. The standard InChI is InChI=1S/C12H19N3O/c1-15(2)12(13-8-9-16)14-10-11-6-4-3-5-7-11/h3-7,16H,8-10H2,1-2H3,(H,13,14). The molecule has 4 heteroatoms. The average molecular weight is 221 g/mol. The summed E-state index contributed by atoms with van der Waals surface area (Å²) >= 11 is 0. The Morgan fingerprint density at radius 2 is 2.00 bits per heavy atom. The molecule has 4 nitrogen and oxygen atoms in total. The molecule has 0 fully saturated rings. The van der Waals surface area contributed by atoms with E-state index in [2.05, 4.69) is 10.3 Å². The second kappa shape index (κ2) is 6.85. The molecule has 0 spiro atoms. The summed E-state index contributed by atoms with van der Waals surface area (Å²) in [5.74, 6) is 0.790. The number of aliphatic hydroxyl groups excluding tert-OH is 1. The van der Waals surface area contributed by atoms with E-state index in [1.54, 1.807) is 0 Å². The van der Waals surface area contributed by atoms with E-state index in [0.717, 1.165) is 5.96 Å². The van der Waals surface area contributed by atoms with Crippen LogP contribution in [0.15, 0.2) is 35.3 Å². The minimum absolute atomic E-state index is 0.109. The van der Waals surface area contributed by atoms with Crippen molar-refractivity contribution >= 4 is 5.96 Å². The van der Waals surface area contributed by atoms with E-state index < -0.39 is 0 Å². The predicted molar refractivity (Wildman–Crippen MR) is 66.4 cm³/mol. The van der Waals surface area contributed by atoms with Gasteiger partial charge in [0.05, 0.1) is 13.2 Å². The number of benzene rings is 1. The fourth-order valence-corrected chi connectivity index (χ4v) is 1.27. The molecule has 2 N–H and O–H groups in total. The molecule has 0 aliphatic heterocycles. The van der Waals surface area contributed by atoms with Gasteiger partial charge in [-0.2, -0.15) is 0 Å². The monoisotopic (exact) mass is 221 g/mol. The Morgan fingerprint density at radius 1 is 1.31 bits per heavy atom. The van der Waals surface area contributed by atoms with Crippen molar-refractivity contribution in [3.8, 4) is 0 Å². The van der Waals surface area contributed by atoms with Crippen molar-refractivity contribution in [3.63, 3.8) is 0 Å². The highest BCUT2D eigenvalue weighted by molar-refractivity contribution is 5.79. The highest BCUT2D eigenvalue weighted by atomic mass is 16.3.